The SMILES string of the molecule is Cc1ccc(S[C@@H](C)C(=O)Nc2cccc(S(=O)(=O)NC(C)(C)C)c2)cc1. The lowest BCUT2D eigenvalue weighted by molar-refractivity contribution is -0.115. The smallest absolute Gasteiger partial charge is 0.241 e. The van der Waals surface area contributed by atoms with Crippen LogP contribution in [-0.2, 0) is 14.8 Å². The summed E-state index contributed by atoms with van der Waals surface area (Å²) < 4.78 is 27.5. The Labute approximate surface area is 166 Å². The molecule has 0 radical (unpaired) electrons. The Hall–Kier alpha value is -1.83. The first kappa shape index (κ1) is 21.5. The zero-order valence-corrected chi connectivity index (χ0v) is 17.9. The highest BCUT2D eigenvalue weighted by molar-refractivity contribution is 8.00. The minimum absolute atomic E-state index is 0.120. The summed E-state index contributed by atoms with van der Waals surface area (Å²) in [5.74, 6) is -0.182. The average molecular weight is 407 g/mol. The van der Waals surface area contributed by atoms with E-state index in [0.717, 1.165) is 4.90 Å². The minimum atomic E-state index is -3.66. The number of rotatable bonds is 6. The maximum absolute atomic E-state index is 12.5. The zero-order valence-electron chi connectivity index (χ0n) is 16.2. The summed E-state index contributed by atoms with van der Waals surface area (Å²) in [5.41, 5.74) is 1.03. The molecule has 0 unspecified atom stereocenters. The van der Waals surface area contributed by atoms with Gasteiger partial charge < -0.3 is 5.32 Å². The predicted molar refractivity (Wildman–Crippen MR) is 112 cm³/mol. The number of nitrogens with one attached hydrogen (secondary N) is 2. The van der Waals surface area contributed by atoms with Crippen molar-refractivity contribution >= 4 is 33.4 Å². The Bertz CT molecular complexity index is 902. The van der Waals surface area contributed by atoms with Gasteiger partial charge in [-0.05, 0) is 65.0 Å². The molecular weight excluding hydrogens is 380 g/mol. The number of anilines is 1. The number of hydrogen-bond acceptors (Lipinski definition) is 4. The monoisotopic (exact) mass is 406 g/mol. The van der Waals surface area contributed by atoms with Gasteiger partial charge in [-0.3, -0.25) is 4.79 Å². The first-order valence-electron chi connectivity index (χ1n) is 8.64. The van der Waals surface area contributed by atoms with Crippen LogP contribution >= 0.6 is 11.8 Å². The molecule has 0 spiro atoms. The van der Waals surface area contributed by atoms with E-state index in [4.69, 9.17) is 0 Å². The van der Waals surface area contributed by atoms with Gasteiger partial charge in [-0.2, -0.15) is 0 Å². The number of hydrogen-bond donors (Lipinski definition) is 2. The van der Waals surface area contributed by atoms with Crippen LogP contribution in [0.4, 0.5) is 5.69 Å². The molecule has 0 bridgehead atoms. The molecule has 0 aliphatic carbocycles. The second kappa shape index (κ2) is 8.46. The van der Waals surface area contributed by atoms with Crippen molar-refractivity contribution in [3.8, 4) is 0 Å². The van der Waals surface area contributed by atoms with Crippen molar-refractivity contribution in [2.75, 3.05) is 5.32 Å². The molecule has 2 aromatic carbocycles. The Morgan fingerprint density at radius 2 is 1.70 bits per heavy atom. The fraction of sp³-hybridized carbons (Fsp3) is 0.350. The van der Waals surface area contributed by atoms with E-state index < -0.39 is 15.6 Å². The van der Waals surface area contributed by atoms with Gasteiger partial charge in [0.25, 0.3) is 0 Å². The number of carbonyl (C=O) groups is 1. The van der Waals surface area contributed by atoms with E-state index in [0.29, 0.717) is 5.69 Å². The maximum Gasteiger partial charge on any atom is 0.241 e. The summed E-state index contributed by atoms with van der Waals surface area (Å²) in [4.78, 5) is 13.6. The van der Waals surface area contributed by atoms with Crippen molar-refractivity contribution in [2.45, 2.75) is 55.2 Å². The molecule has 0 aliphatic heterocycles. The lowest BCUT2D eigenvalue weighted by Crippen LogP contribution is -2.40. The van der Waals surface area contributed by atoms with Crippen molar-refractivity contribution in [2.24, 2.45) is 0 Å². The summed E-state index contributed by atoms with van der Waals surface area (Å²) in [6.07, 6.45) is 0. The third-order valence-electron chi connectivity index (χ3n) is 3.56. The van der Waals surface area contributed by atoms with E-state index in [2.05, 4.69) is 10.0 Å². The molecule has 1 atom stereocenters. The van der Waals surface area contributed by atoms with E-state index in [9.17, 15) is 13.2 Å². The van der Waals surface area contributed by atoms with E-state index in [1.807, 2.05) is 38.1 Å². The molecule has 2 N–H and O–H groups in total. The summed E-state index contributed by atoms with van der Waals surface area (Å²) in [6, 6.07) is 14.2. The number of aryl methyl sites for hydroxylation is 1. The molecule has 0 aliphatic rings. The van der Waals surface area contributed by atoms with E-state index in [1.165, 1.54) is 29.5 Å². The molecule has 5 nitrogen and oxygen atoms in total. The van der Waals surface area contributed by atoms with Crippen LogP contribution in [0, 0.1) is 6.92 Å². The predicted octanol–water partition coefficient (Wildman–Crippen LogP) is 4.19. The second-order valence-corrected chi connectivity index (χ2v) is 10.5. The Morgan fingerprint density at radius 3 is 2.30 bits per heavy atom. The number of benzene rings is 2. The van der Waals surface area contributed by atoms with Gasteiger partial charge in [0, 0.05) is 16.1 Å². The van der Waals surface area contributed by atoms with Gasteiger partial charge in [-0.15, -0.1) is 11.8 Å². The lowest BCUT2D eigenvalue weighted by Gasteiger charge is -2.20. The molecule has 2 aromatic rings. The maximum atomic E-state index is 12.5. The molecule has 1 amide bonds. The fourth-order valence-corrected chi connectivity index (χ4v) is 4.65. The summed E-state index contributed by atoms with van der Waals surface area (Å²) in [7, 11) is -3.66. The van der Waals surface area contributed by atoms with Crippen molar-refractivity contribution in [3.63, 3.8) is 0 Å². The fourth-order valence-electron chi connectivity index (χ4n) is 2.32. The number of carbonyl (C=O) groups excluding carboxylic acids is 1. The molecule has 7 heteroatoms. The van der Waals surface area contributed by atoms with Crippen LogP contribution in [-0.4, -0.2) is 25.1 Å². The number of amides is 1. The van der Waals surface area contributed by atoms with Crippen LogP contribution in [0.2, 0.25) is 0 Å². The third-order valence-corrected chi connectivity index (χ3v) is 6.42. The Balaban J connectivity index is 2.08. The number of thioether (sulfide) groups is 1. The Morgan fingerprint density at radius 1 is 1.07 bits per heavy atom. The zero-order chi connectivity index (χ0) is 20.2. The highest BCUT2D eigenvalue weighted by atomic mass is 32.2. The van der Waals surface area contributed by atoms with Crippen LogP contribution in [0.15, 0.2) is 58.3 Å². The average Bonchev–Trinajstić information content (AvgIpc) is 2.55. The molecule has 0 aromatic heterocycles. The third kappa shape index (κ3) is 6.68. The van der Waals surface area contributed by atoms with Gasteiger partial charge >= 0.3 is 0 Å². The van der Waals surface area contributed by atoms with Crippen LogP contribution in [0.3, 0.4) is 0 Å². The summed E-state index contributed by atoms with van der Waals surface area (Å²) >= 11 is 1.45. The van der Waals surface area contributed by atoms with Crippen molar-refractivity contribution < 1.29 is 13.2 Å². The molecule has 0 fully saturated rings. The van der Waals surface area contributed by atoms with Gasteiger partial charge in [0.1, 0.15) is 0 Å². The van der Waals surface area contributed by atoms with Crippen molar-refractivity contribution in [3.05, 3.63) is 54.1 Å². The largest absolute Gasteiger partial charge is 0.325 e. The molecule has 146 valence electrons. The first-order valence-corrected chi connectivity index (χ1v) is 11.0. The summed E-state index contributed by atoms with van der Waals surface area (Å²) in [5, 5.41) is 2.48. The van der Waals surface area contributed by atoms with Crippen LogP contribution in [0.5, 0.6) is 0 Å². The Kier molecular flexibility index (Phi) is 6.72. The molecule has 2 rings (SSSR count). The van der Waals surface area contributed by atoms with Crippen LogP contribution in [0.1, 0.15) is 33.3 Å². The topological polar surface area (TPSA) is 75.3 Å². The van der Waals surface area contributed by atoms with E-state index in [1.54, 1.807) is 32.9 Å². The van der Waals surface area contributed by atoms with Gasteiger partial charge in [-0.1, -0.05) is 23.8 Å². The van der Waals surface area contributed by atoms with Gasteiger partial charge in [0.2, 0.25) is 15.9 Å². The van der Waals surface area contributed by atoms with Crippen LogP contribution < -0.4 is 10.0 Å². The normalized spacial score (nSPS) is 13.2. The van der Waals surface area contributed by atoms with E-state index >= 15 is 0 Å². The highest BCUT2D eigenvalue weighted by Gasteiger charge is 2.22. The lowest BCUT2D eigenvalue weighted by atomic mass is 10.1. The van der Waals surface area contributed by atoms with E-state index in [-0.39, 0.29) is 16.1 Å². The molecule has 0 saturated heterocycles. The van der Waals surface area contributed by atoms with Gasteiger partial charge in [0.15, 0.2) is 0 Å². The first-order chi connectivity index (χ1) is 12.5. The second-order valence-electron chi connectivity index (χ2n) is 7.45. The molecule has 27 heavy (non-hydrogen) atoms. The van der Waals surface area contributed by atoms with Gasteiger partial charge in [0.05, 0.1) is 10.1 Å². The molecule has 0 heterocycles. The van der Waals surface area contributed by atoms with Crippen molar-refractivity contribution in [1.82, 2.24) is 4.72 Å². The van der Waals surface area contributed by atoms with Crippen molar-refractivity contribution in [1.29, 1.82) is 0 Å². The molecule has 0 saturated carbocycles. The quantitative estimate of drug-likeness (QED) is 0.705. The number of sulfonamides is 1. The summed E-state index contributed by atoms with van der Waals surface area (Å²) in [6.45, 7) is 9.17. The molecular formula is C20H26N2O3S2. The standard InChI is InChI=1S/C20H26N2O3S2/c1-14-9-11-17(12-10-14)26-15(2)19(23)21-16-7-6-8-18(13-16)27(24,25)22-20(3,4)5/h6-13,15,22H,1-5H3,(H,21,23)/t15-/m0/s1. The van der Waals surface area contributed by atoms with Gasteiger partial charge in [-0.25, -0.2) is 13.1 Å². The highest BCUT2D eigenvalue weighted by Crippen LogP contribution is 2.25. The van der Waals surface area contributed by atoms with Crippen LogP contribution in [0.25, 0.3) is 0 Å². The minimum Gasteiger partial charge on any atom is -0.325 e.